The van der Waals surface area contributed by atoms with E-state index in [1.54, 1.807) is 43.5 Å². The van der Waals surface area contributed by atoms with Gasteiger partial charge in [0.25, 0.3) is 23.6 Å². The summed E-state index contributed by atoms with van der Waals surface area (Å²) in [5.74, 6) is -0.741. The summed E-state index contributed by atoms with van der Waals surface area (Å²) in [4.78, 5) is 58.9. The molecule has 52 heavy (non-hydrogen) atoms. The molecule has 2 aliphatic rings. The van der Waals surface area contributed by atoms with Crippen molar-refractivity contribution in [1.29, 1.82) is 0 Å². The molecule has 6 aromatic carbocycles. The van der Waals surface area contributed by atoms with Crippen molar-refractivity contribution in [1.82, 2.24) is 4.90 Å². The second-order valence-electron chi connectivity index (χ2n) is 14.0. The maximum absolute atomic E-state index is 14.1. The lowest BCUT2D eigenvalue weighted by Gasteiger charge is -2.31. The summed E-state index contributed by atoms with van der Waals surface area (Å²) in [5.41, 5.74) is 2.31. The Morgan fingerprint density at radius 3 is 1.52 bits per heavy atom. The standard InChI is InChI=1S/C43H38Br2N2O5/c1-3-4-5-6-7-8-9-10-11-12-21-46-40(48)28-19-17-26-37-33(45)23-31-35-29(42(50)47(43(31)51)24-13-15-25(52-2)16-14-24)20-18-27(39(35)37)36-32(44)22-30(41(46)49)34(28)38(26)36/h13-20,22-23H,3-12,21H2,1-2H3. The molecule has 0 spiro atoms. The van der Waals surface area contributed by atoms with Crippen LogP contribution in [0.2, 0.25) is 0 Å². The normalized spacial score (nSPS) is 14.3. The fraction of sp³-hybridized carbons (Fsp3) is 0.302. The van der Waals surface area contributed by atoms with Gasteiger partial charge in [-0.15, -0.1) is 0 Å². The lowest BCUT2D eigenvalue weighted by Crippen LogP contribution is -2.41. The first-order valence-electron chi connectivity index (χ1n) is 18.2. The number of anilines is 1. The number of imide groups is 2. The zero-order valence-electron chi connectivity index (χ0n) is 29.2. The van der Waals surface area contributed by atoms with Gasteiger partial charge in [-0.3, -0.25) is 24.1 Å². The largest absolute Gasteiger partial charge is 0.497 e. The summed E-state index contributed by atoms with van der Waals surface area (Å²) in [5, 5.41) is 6.15. The van der Waals surface area contributed by atoms with Crippen LogP contribution in [0.4, 0.5) is 5.69 Å². The molecule has 0 aromatic heterocycles. The van der Waals surface area contributed by atoms with E-state index in [1.165, 1.54) is 54.7 Å². The van der Waals surface area contributed by atoms with Gasteiger partial charge in [-0.2, -0.15) is 0 Å². The Bertz CT molecular complexity index is 2460. The molecule has 2 heterocycles. The number of benzene rings is 6. The minimum absolute atomic E-state index is 0.266. The van der Waals surface area contributed by atoms with Crippen molar-refractivity contribution >= 4 is 104 Å². The van der Waals surface area contributed by atoms with E-state index in [2.05, 4.69) is 38.8 Å². The molecular formula is C43H38Br2N2O5. The van der Waals surface area contributed by atoms with Crippen LogP contribution >= 0.6 is 31.9 Å². The molecule has 0 aliphatic carbocycles. The average molecular weight is 823 g/mol. The lowest BCUT2D eigenvalue weighted by atomic mass is 9.82. The zero-order chi connectivity index (χ0) is 36.3. The van der Waals surface area contributed by atoms with Crippen molar-refractivity contribution in [2.75, 3.05) is 18.6 Å². The molecule has 2 aliphatic heterocycles. The van der Waals surface area contributed by atoms with Crippen LogP contribution in [0.5, 0.6) is 5.75 Å². The Morgan fingerprint density at radius 2 is 0.981 bits per heavy atom. The molecular weight excluding hydrogens is 784 g/mol. The molecule has 0 saturated heterocycles. The Hall–Kier alpha value is -4.34. The van der Waals surface area contributed by atoms with Crippen LogP contribution in [0.25, 0.3) is 43.1 Å². The highest BCUT2D eigenvalue weighted by Crippen LogP contribution is 2.50. The second kappa shape index (κ2) is 13.9. The average Bonchev–Trinajstić information content (AvgIpc) is 3.15. The minimum Gasteiger partial charge on any atom is -0.497 e. The Morgan fingerprint density at radius 1 is 0.519 bits per heavy atom. The highest BCUT2D eigenvalue weighted by atomic mass is 79.9. The Kier molecular flexibility index (Phi) is 9.28. The maximum atomic E-state index is 14.1. The predicted octanol–water partition coefficient (Wildman–Crippen LogP) is 11.6. The van der Waals surface area contributed by atoms with Crippen LogP contribution in [0.3, 0.4) is 0 Å². The van der Waals surface area contributed by atoms with Crippen molar-refractivity contribution in [2.45, 2.75) is 71.1 Å². The number of fused-ring (bicyclic) bond motifs is 2. The van der Waals surface area contributed by atoms with E-state index in [0.29, 0.717) is 60.0 Å². The number of ether oxygens (including phenoxy) is 1. The van der Waals surface area contributed by atoms with Crippen molar-refractivity contribution in [3.05, 3.63) is 91.9 Å². The quantitative estimate of drug-likeness (QED) is 0.0501. The van der Waals surface area contributed by atoms with Gasteiger partial charge in [-0.1, -0.05) is 109 Å². The molecule has 264 valence electrons. The number of methoxy groups -OCH3 is 1. The molecule has 0 atom stereocenters. The van der Waals surface area contributed by atoms with E-state index in [1.807, 2.05) is 24.3 Å². The fourth-order valence-electron chi connectivity index (χ4n) is 8.34. The lowest BCUT2D eigenvalue weighted by molar-refractivity contribution is 0.0607. The zero-order valence-corrected chi connectivity index (χ0v) is 32.4. The molecule has 6 aromatic rings. The van der Waals surface area contributed by atoms with Gasteiger partial charge in [0.05, 0.1) is 18.4 Å². The van der Waals surface area contributed by atoms with Gasteiger partial charge in [0.1, 0.15) is 5.75 Å². The molecule has 4 amide bonds. The third-order valence-electron chi connectivity index (χ3n) is 10.9. The second-order valence-corrected chi connectivity index (χ2v) is 15.7. The molecule has 0 fully saturated rings. The van der Waals surface area contributed by atoms with E-state index in [9.17, 15) is 19.2 Å². The minimum atomic E-state index is -0.416. The maximum Gasteiger partial charge on any atom is 0.266 e. The van der Waals surface area contributed by atoms with Crippen molar-refractivity contribution < 1.29 is 23.9 Å². The number of nitrogens with zero attached hydrogens (tertiary/aromatic N) is 2. The van der Waals surface area contributed by atoms with E-state index >= 15 is 0 Å². The number of hydrogen-bond acceptors (Lipinski definition) is 5. The van der Waals surface area contributed by atoms with Gasteiger partial charge in [0.15, 0.2) is 0 Å². The van der Waals surface area contributed by atoms with Gasteiger partial charge in [-0.05, 0) is 65.7 Å². The number of unbranched alkanes of at least 4 members (excludes halogenated alkanes) is 9. The third kappa shape index (κ3) is 5.42. The van der Waals surface area contributed by atoms with Crippen LogP contribution in [0, 0.1) is 0 Å². The summed E-state index contributed by atoms with van der Waals surface area (Å²) in [6, 6.07) is 17.9. The number of carbonyl (C=O) groups is 4. The Labute approximate surface area is 318 Å². The van der Waals surface area contributed by atoms with E-state index < -0.39 is 11.8 Å². The smallest absolute Gasteiger partial charge is 0.266 e. The van der Waals surface area contributed by atoms with Crippen LogP contribution in [0.15, 0.2) is 69.6 Å². The first kappa shape index (κ1) is 34.7. The molecule has 0 radical (unpaired) electrons. The number of rotatable bonds is 13. The first-order valence-corrected chi connectivity index (χ1v) is 19.8. The van der Waals surface area contributed by atoms with Crippen LogP contribution < -0.4 is 9.64 Å². The van der Waals surface area contributed by atoms with E-state index in [0.717, 1.165) is 51.6 Å². The van der Waals surface area contributed by atoms with Gasteiger partial charge >= 0.3 is 0 Å². The SMILES string of the molecule is CCCCCCCCCCCCN1C(=O)c2ccc3c4c(Br)cc5c6c(ccc(c7c(Br)cc(c2c37)C1=O)c64)C(=O)N(c1ccc(OC)cc1)C5=O. The summed E-state index contributed by atoms with van der Waals surface area (Å²) < 4.78 is 6.68. The number of amides is 4. The molecule has 8 rings (SSSR count). The Balaban J connectivity index is 1.17. The predicted molar refractivity (Wildman–Crippen MR) is 214 cm³/mol. The molecule has 7 nitrogen and oxygen atoms in total. The molecule has 0 saturated carbocycles. The van der Waals surface area contributed by atoms with Gasteiger partial charge < -0.3 is 4.74 Å². The van der Waals surface area contributed by atoms with E-state index in [-0.39, 0.29) is 11.8 Å². The summed E-state index contributed by atoms with van der Waals surface area (Å²) in [6.45, 7) is 2.63. The van der Waals surface area contributed by atoms with Gasteiger partial charge in [-0.25, -0.2) is 4.90 Å². The van der Waals surface area contributed by atoms with Crippen LogP contribution in [0.1, 0.15) is 113 Å². The van der Waals surface area contributed by atoms with Crippen molar-refractivity contribution in [3.63, 3.8) is 0 Å². The molecule has 0 unspecified atom stereocenters. The summed E-state index contributed by atoms with van der Waals surface area (Å²) in [7, 11) is 1.56. The fourth-order valence-corrected chi connectivity index (χ4v) is 9.63. The molecule has 0 bridgehead atoms. The summed E-state index contributed by atoms with van der Waals surface area (Å²) in [6.07, 6.45) is 11.8. The third-order valence-corrected chi connectivity index (χ3v) is 12.1. The number of carbonyl (C=O) groups excluding carboxylic acids is 4. The summed E-state index contributed by atoms with van der Waals surface area (Å²) >= 11 is 7.61. The molecule has 0 N–H and O–H groups in total. The van der Waals surface area contributed by atoms with Crippen LogP contribution in [-0.2, 0) is 0 Å². The number of halogens is 2. The number of hydrogen-bond donors (Lipinski definition) is 0. The highest BCUT2D eigenvalue weighted by molar-refractivity contribution is 9.11. The topological polar surface area (TPSA) is 84.0 Å². The van der Waals surface area contributed by atoms with Gasteiger partial charge in [0, 0.05) is 64.5 Å². The van der Waals surface area contributed by atoms with Crippen molar-refractivity contribution in [3.8, 4) is 5.75 Å². The monoisotopic (exact) mass is 820 g/mol. The van der Waals surface area contributed by atoms with Crippen LogP contribution in [-0.4, -0.2) is 42.2 Å². The van der Waals surface area contributed by atoms with E-state index in [4.69, 9.17) is 4.74 Å². The van der Waals surface area contributed by atoms with Crippen molar-refractivity contribution in [2.24, 2.45) is 0 Å². The highest BCUT2D eigenvalue weighted by Gasteiger charge is 2.38. The van der Waals surface area contributed by atoms with Gasteiger partial charge in [0.2, 0.25) is 0 Å². The first-order chi connectivity index (χ1) is 25.3. The molecule has 9 heteroatoms.